The maximum Gasteiger partial charge on any atom is 0.338 e. The smallest absolute Gasteiger partial charge is 0.338 e. The highest BCUT2D eigenvalue weighted by Gasteiger charge is 2.83. The zero-order valence-corrected chi connectivity index (χ0v) is 33.7. The molecule has 0 unspecified atom stereocenters. The first-order valence-corrected chi connectivity index (χ1v) is 20.5. The molecule has 2 aromatic rings. The van der Waals surface area contributed by atoms with Crippen LogP contribution in [0.2, 0.25) is 0 Å². The number of aliphatic hydroxyl groups excluding tert-OH is 1. The fourth-order valence-corrected chi connectivity index (χ4v) is 10.3. The predicted molar refractivity (Wildman–Crippen MR) is 208 cm³/mol. The van der Waals surface area contributed by atoms with Gasteiger partial charge in [0.25, 0.3) is 0 Å². The van der Waals surface area contributed by atoms with Crippen molar-refractivity contribution >= 4 is 23.7 Å². The summed E-state index contributed by atoms with van der Waals surface area (Å²) in [4.78, 5) is 55.6. The fraction of sp³-hybridized carbons (Fsp3) is 0.565. The number of unbranched alkanes of at least 4 members (excludes halogenated alkanes) is 8. The number of allylic oxidation sites excluding steroid dienone is 1. The van der Waals surface area contributed by atoms with Gasteiger partial charge in [0.15, 0.2) is 17.5 Å². The van der Waals surface area contributed by atoms with E-state index in [2.05, 4.69) is 6.92 Å². The summed E-state index contributed by atoms with van der Waals surface area (Å²) in [5.41, 5.74) is -5.81. The third-order valence-electron chi connectivity index (χ3n) is 13.4. The van der Waals surface area contributed by atoms with Crippen LogP contribution in [0.3, 0.4) is 0 Å². The number of esters is 3. The van der Waals surface area contributed by atoms with E-state index in [0.29, 0.717) is 12.0 Å². The van der Waals surface area contributed by atoms with E-state index in [4.69, 9.17) is 14.2 Å². The van der Waals surface area contributed by atoms with E-state index in [1.54, 1.807) is 19.9 Å². The van der Waals surface area contributed by atoms with E-state index in [-0.39, 0.29) is 35.5 Å². The number of carbonyl (C=O) groups is 4. The van der Waals surface area contributed by atoms with Gasteiger partial charge in [-0.25, -0.2) is 18.4 Å². The second kappa shape index (κ2) is 16.6. The van der Waals surface area contributed by atoms with E-state index >= 15 is 4.79 Å². The van der Waals surface area contributed by atoms with Crippen molar-refractivity contribution in [2.45, 2.75) is 129 Å². The number of carbonyl (C=O) groups excluding carboxylic acids is 4. The van der Waals surface area contributed by atoms with Gasteiger partial charge >= 0.3 is 17.9 Å². The van der Waals surface area contributed by atoms with Crippen LogP contribution < -0.4 is 0 Å². The van der Waals surface area contributed by atoms with Crippen LogP contribution in [0.1, 0.15) is 126 Å². The van der Waals surface area contributed by atoms with Gasteiger partial charge in [0, 0.05) is 23.7 Å². The molecular weight excluding hydrogens is 734 g/mol. The minimum atomic E-state index is -2.51. The van der Waals surface area contributed by atoms with E-state index in [0.717, 1.165) is 43.5 Å². The van der Waals surface area contributed by atoms with Gasteiger partial charge in [-0.05, 0) is 85.4 Å². The third kappa shape index (κ3) is 7.50. The standard InChI is InChI=1S/C46H56F2O9/c1-6-7-8-9-10-11-12-13-14-15-36(49)57-45-26-29(3)44-25-28(2)40(56-42(53)31-18-22-34(48)23-19-31)46(44,54)38(50)32(24-35(39(44)51)37(45)43(45,4)5)27-55-41(52)30-16-20-33(47)21-17-30/h16-25,29,35,37-38,40,50,54H,6-15,26-27H2,1-5H3/t29-,35+,37-,38-,40+,44+,45+,46+/m1/s1. The summed E-state index contributed by atoms with van der Waals surface area (Å²) >= 11 is 0. The molecule has 8 atom stereocenters. The van der Waals surface area contributed by atoms with Crippen molar-refractivity contribution in [2.75, 3.05) is 6.61 Å². The second-order valence-corrected chi connectivity index (χ2v) is 17.2. The molecular formula is C46H56F2O9. The number of hydrogen-bond donors (Lipinski definition) is 2. The monoisotopic (exact) mass is 790 g/mol. The average molecular weight is 791 g/mol. The Kier molecular flexibility index (Phi) is 12.3. The molecule has 0 radical (unpaired) electrons. The van der Waals surface area contributed by atoms with E-state index in [1.165, 1.54) is 62.4 Å². The molecule has 4 aliphatic rings. The molecule has 2 fully saturated rings. The number of ketones is 1. The lowest BCUT2D eigenvalue weighted by Crippen LogP contribution is -2.66. The molecule has 11 heteroatoms. The number of rotatable bonds is 16. The number of hydrogen-bond acceptors (Lipinski definition) is 9. The third-order valence-corrected chi connectivity index (χ3v) is 13.4. The van der Waals surface area contributed by atoms with Gasteiger partial charge < -0.3 is 24.4 Å². The maximum absolute atomic E-state index is 15.3. The molecule has 57 heavy (non-hydrogen) atoms. The van der Waals surface area contributed by atoms with E-state index in [9.17, 15) is 33.4 Å². The van der Waals surface area contributed by atoms with E-state index in [1.807, 2.05) is 13.8 Å². The average Bonchev–Trinajstić information content (AvgIpc) is 3.57. The first-order chi connectivity index (χ1) is 27.0. The Hall–Kier alpha value is -4.22. The van der Waals surface area contributed by atoms with Crippen molar-refractivity contribution in [3.63, 3.8) is 0 Å². The van der Waals surface area contributed by atoms with Gasteiger partial charge in [-0.1, -0.05) is 91.2 Å². The Morgan fingerprint density at radius 2 is 1.39 bits per heavy atom. The van der Waals surface area contributed by atoms with Gasteiger partial charge in [0.1, 0.15) is 29.9 Å². The van der Waals surface area contributed by atoms with Crippen LogP contribution in [0.5, 0.6) is 0 Å². The molecule has 2 aromatic carbocycles. The Labute approximate surface area is 333 Å². The van der Waals surface area contributed by atoms with Crippen LogP contribution in [0, 0.1) is 40.2 Å². The first kappa shape index (κ1) is 42.4. The molecule has 0 heterocycles. The van der Waals surface area contributed by atoms with Crippen molar-refractivity contribution < 1.29 is 52.4 Å². The second-order valence-electron chi connectivity index (χ2n) is 17.2. The highest BCUT2D eigenvalue weighted by Crippen LogP contribution is 2.75. The number of halogens is 2. The summed E-state index contributed by atoms with van der Waals surface area (Å²) in [6, 6.07) is 9.35. The number of benzene rings is 2. The minimum absolute atomic E-state index is 0.00848. The summed E-state index contributed by atoms with van der Waals surface area (Å²) < 4.78 is 45.4. The summed E-state index contributed by atoms with van der Waals surface area (Å²) in [6.07, 6.45) is 9.89. The van der Waals surface area contributed by atoms with E-state index < -0.39 is 88.0 Å². The quantitative estimate of drug-likeness (QED) is 0.0744. The Morgan fingerprint density at radius 1 is 0.842 bits per heavy atom. The molecule has 0 amide bonds. The Balaban J connectivity index is 1.31. The van der Waals surface area contributed by atoms with Gasteiger partial charge in [-0.3, -0.25) is 9.59 Å². The van der Waals surface area contributed by atoms with Crippen LogP contribution in [-0.2, 0) is 23.8 Å². The van der Waals surface area contributed by atoms with Crippen molar-refractivity contribution in [1.82, 2.24) is 0 Å². The first-order valence-electron chi connectivity index (χ1n) is 20.5. The summed E-state index contributed by atoms with van der Waals surface area (Å²) in [5.74, 6) is -5.99. The zero-order chi connectivity index (χ0) is 41.3. The normalized spacial score (nSPS) is 30.8. The van der Waals surface area contributed by atoms with Crippen LogP contribution in [-0.4, -0.2) is 63.9 Å². The lowest BCUT2D eigenvalue weighted by atomic mass is 9.59. The molecule has 9 nitrogen and oxygen atoms in total. The summed E-state index contributed by atoms with van der Waals surface area (Å²) in [6.45, 7) is 8.89. The molecule has 2 N–H and O–H groups in total. The SMILES string of the molecule is CCCCCCCCCCCC(=O)O[C@@]12C[C@@H](C)[C@]34C=C(C)[C@H](OC(=O)c5ccc(F)cc5)[C@@]3(O)[C@H](O)C(COC(=O)c3ccc(F)cc3)=C[C@H](C4=O)[C@@H]1C2(C)C. The van der Waals surface area contributed by atoms with Crippen molar-refractivity contribution in [1.29, 1.82) is 0 Å². The Bertz CT molecular complexity index is 1900. The molecule has 308 valence electrons. The number of Topliss-reactive ketones (excluding diaryl/α,β-unsaturated/α-hetero) is 1. The van der Waals surface area contributed by atoms with Crippen molar-refractivity contribution in [3.8, 4) is 0 Å². The molecule has 2 bridgehead atoms. The minimum Gasteiger partial charge on any atom is -0.458 e. The van der Waals surface area contributed by atoms with Gasteiger partial charge in [0.2, 0.25) is 0 Å². The topological polar surface area (TPSA) is 136 Å². The summed E-state index contributed by atoms with van der Waals surface area (Å²) in [7, 11) is 0. The molecule has 2 saturated carbocycles. The van der Waals surface area contributed by atoms with Crippen molar-refractivity contribution in [2.24, 2.45) is 28.6 Å². The van der Waals surface area contributed by atoms with Crippen molar-refractivity contribution in [3.05, 3.63) is 94.6 Å². The zero-order valence-electron chi connectivity index (χ0n) is 33.7. The van der Waals surface area contributed by atoms with Crippen LogP contribution in [0.25, 0.3) is 0 Å². The number of ether oxygens (including phenoxy) is 3. The molecule has 0 aliphatic heterocycles. The molecule has 0 saturated heterocycles. The molecule has 0 aromatic heterocycles. The van der Waals surface area contributed by atoms with Gasteiger partial charge in [-0.2, -0.15) is 0 Å². The molecule has 1 spiro atoms. The van der Waals surface area contributed by atoms with Crippen LogP contribution in [0.4, 0.5) is 8.78 Å². The van der Waals surface area contributed by atoms with Crippen LogP contribution >= 0.6 is 0 Å². The lowest BCUT2D eigenvalue weighted by molar-refractivity contribution is -0.192. The highest BCUT2D eigenvalue weighted by molar-refractivity contribution is 5.96. The summed E-state index contributed by atoms with van der Waals surface area (Å²) in [5, 5.41) is 25.5. The number of aliphatic hydroxyl groups is 2. The fourth-order valence-electron chi connectivity index (χ4n) is 10.3. The Morgan fingerprint density at radius 3 is 1.96 bits per heavy atom. The van der Waals surface area contributed by atoms with Gasteiger partial charge in [-0.15, -0.1) is 0 Å². The van der Waals surface area contributed by atoms with Crippen LogP contribution in [0.15, 0.2) is 71.8 Å². The molecule has 4 aliphatic carbocycles. The number of fused-ring (bicyclic) bond motifs is 3. The van der Waals surface area contributed by atoms with Gasteiger partial charge in [0.05, 0.1) is 16.5 Å². The predicted octanol–water partition coefficient (Wildman–Crippen LogP) is 8.41. The maximum atomic E-state index is 15.3. The lowest BCUT2D eigenvalue weighted by Gasteiger charge is -2.49. The molecule has 6 rings (SSSR count). The highest BCUT2D eigenvalue weighted by atomic mass is 19.1. The largest absolute Gasteiger partial charge is 0.458 e.